The molecule has 0 bridgehead atoms. The summed E-state index contributed by atoms with van der Waals surface area (Å²) in [5.41, 5.74) is 6.02. The summed E-state index contributed by atoms with van der Waals surface area (Å²) >= 11 is 0. The van der Waals surface area contributed by atoms with Crippen LogP contribution in [-0.4, -0.2) is 19.9 Å². The summed E-state index contributed by atoms with van der Waals surface area (Å²) < 4.78 is 0. The van der Waals surface area contributed by atoms with Crippen LogP contribution in [0.2, 0.25) is 0 Å². The average molecular weight is 310 g/mol. The van der Waals surface area contributed by atoms with E-state index < -0.39 is 0 Å². The third kappa shape index (κ3) is 1.77. The molecular weight excluding hydrogens is 296 g/mol. The lowest BCUT2D eigenvalue weighted by Crippen LogP contribution is -1.89. The smallest absolute Gasteiger partial charge is 0.138 e. The van der Waals surface area contributed by atoms with Crippen LogP contribution >= 0.6 is 0 Å². The third-order valence-corrected chi connectivity index (χ3v) is 4.45. The molecule has 0 unspecified atom stereocenters. The Labute approximate surface area is 138 Å². The number of pyridine rings is 2. The van der Waals surface area contributed by atoms with Gasteiger partial charge >= 0.3 is 0 Å². The normalized spacial score (nSPS) is 11.5. The number of nitrogens with zero attached hydrogens (tertiary/aromatic N) is 3. The Morgan fingerprint density at radius 2 is 1.62 bits per heavy atom. The number of aromatic amines is 1. The molecule has 0 aliphatic rings. The van der Waals surface area contributed by atoms with Crippen molar-refractivity contribution in [3.05, 3.63) is 66.5 Å². The Hall–Kier alpha value is -3.27. The van der Waals surface area contributed by atoms with Crippen LogP contribution < -0.4 is 0 Å². The maximum atomic E-state index is 4.88. The summed E-state index contributed by atoms with van der Waals surface area (Å²) in [4.78, 5) is 17.5. The first kappa shape index (κ1) is 13.2. The first-order valence-corrected chi connectivity index (χ1v) is 7.90. The molecule has 24 heavy (non-hydrogen) atoms. The van der Waals surface area contributed by atoms with Crippen molar-refractivity contribution in [2.75, 3.05) is 0 Å². The maximum Gasteiger partial charge on any atom is 0.138 e. The number of benzene rings is 2. The van der Waals surface area contributed by atoms with Crippen molar-refractivity contribution in [2.45, 2.75) is 6.92 Å². The van der Waals surface area contributed by atoms with Gasteiger partial charge in [-0.2, -0.15) is 0 Å². The fourth-order valence-electron chi connectivity index (χ4n) is 3.32. The van der Waals surface area contributed by atoms with E-state index in [2.05, 4.69) is 40.1 Å². The van der Waals surface area contributed by atoms with Gasteiger partial charge < -0.3 is 4.98 Å². The number of aromatic nitrogens is 4. The molecule has 0 aliphatic carbocycles. The zero-order valence-electron chi connectivity index (χ0n) is 13.1. The number of imidazole rings is 1. The van der Waals surface area contributed by atoms with E-state index in [9.17, 15) is 0 Å². The van der Waals surface area contributed by atoms with E-state index >= 15 is 0 Å². The molecule has 4 nitrogen and oxygen atoms in total. The van der Waals surface area contributed by atoms with E-state index in [0.29, 0.717) is 0 Å². The second-order valence-electron chi connectivity index (χ2n) is 5.93. The van der Waals surface area contributed by atoms with Crippen LogP contribution in [0.1, 0.15) is 5.56 Å². The van der Waals surface area contributed by atoms with Crippen LogP contribution in [0.15, 0.2) is 60.9 Å². The van der Waals surface area contributed by atoms with Gasteiger partial charge in [0, 0.05) is 28.7 Å². The lowest BCUT2D eigenvalue weighted by atomic mass is 10.0. The van der Waals surface area contributed by atoms with Gasteiger partial charge in [0.25, 0.3) is 0 Å². The van der Waals surface area contributed by atoms with Crippen LogP contribution in [0.3, 0.4) is 0 Å². The highest BCUT2D eigenvalue weighted by molar-refractivity contribution is 6.21. The maximum absolute atomic E-state index is 4.88. The Morgan fingerprint density at radius 3 is 2.50 bits per heavy atom. The van der Waals surface area contributed by atoms with Gasteiger partial charge in [-0.05, 0) is 30.7 Å². The zero-order chi connectivity index (χ0) is 16.1. The van der Waals surface area contributed by atoms with Crippen LogP contribution in [0, 0.1) is 6.92 Å². The standard InChI is InChI=1S/C20H14N4/c1-12-9-11-22-18-15(12)19-17(14-8-5-10-21-16(14)18)23-20(24-19)13-6-3-2-4-7-13/h2-11H,1H3,(H,23,24). The largest absolute Gasteiger partial charge is 0.337 e. The van der Waals surface area contributed by atoms with Crippen LogP contribution in [0.25, 0.3) is 44.2 Å². The summed E-state index contributed by atoms with van der Waals surface area (Å²) in [7, 11) is 0. The monoisotopic (exact) mass is 310 g/mol. The van der Waals surface area contributed by atoms with Crippen molar-refractivity contribution < 1.29 is 0 Å². The number of rotatable bonds is 1. The summed E-state index contributed by atoms with van der Waals surface area (Å²) in [6, 6.07) is 16.2. The second kappa shape index (κ2) is 4.86. The van der Waals surface area contributed by atoms with E-state index in [4.69, 9.17) is 4.98 Å². The minimum absolute atomic E-state index is 0.867. The molecule has 0 saturated carbocycles. The van der Waals surface area contributed by atoms with E-state index in [-0.39, 0.29) is 0 Å². The molecule has 3 aromatic heterocycles. The van der Waals surface area contributed by atoms with Gasteiger partial charge in [-0.3, -0.25) is 9.97 Å². The average Bonchev–Trinajstić information content (AvgIpc) is 3.08. The number of nitrogens with one attached hydrogen (secondary N) is 1. The van der Waals surface area contributed by atoms with Gasteiger partial charge in [0.1, 0.15) is 5.82 Å². The molecule has 114 valence electrons. The molecule has 4 heteroatoms. The fraction of sp³-hybridized carbons (Fsp3) is 0.0500. The van der Waals surface area contributed by atoms with Gasteiger partial charge in [-0.25, -0.2) is 4.98 Å². The molecule has 0 radical (unpaired) electrons. The molecule has 2 aromatic carbocycles. The fourth-order valence-corrected chi connectivity index (χ4v) is 3.32. The van der Waals surface area contributed by atoms with Crippen molar-refractivity contribution in [3.63, 3.8) is 0 Å². The summed E-state index contributed by atoms with van der Waals surface area (Å²) in [6.45, 7) is 2.10. The third-order valence-electron chi connectivity index (χ3n) is 4.45. The molecule has 0 saturated heterocycles. The number of H-pyrrole nitrogens is 1. The SMILES string of the molecule is Cc1ccnc2c3ncccc3c3nc(-c4ccccc4)[nH]c3c12. The molecule has 1 N–H and O–H groups in total. The topological polar surface area (TPSA) is 54.5 Å². The van der Waals surface area contributed by atoms with Crippen molar-refractivity contribution in [3.8, 4) is 11.4 Å². The highest BCUT2D eigenvalue weighted by atomic mass is 14.9. The van der Waals surface area contributed by atoms with Crippen molar-refractivity contribution in [1.82, 2.24) is 19.9 Å². The molecule has 0 aliphatic heterocycles. The molecule has 0 amide bonds. The molecule has 5 rings (SSSR count). The van der Waals surface area contributed by atoms with Gasteiger partial charge in [0.05, 0.1) is 22.1 Å². The number of hydrogen-bond acceptors (Lipinski definition) is 3. The summed E-state index contributed by atoms with van der Waals surface area (Å²) in [5.74, 6) is 0.867. The second-order valence-corrected chi connectivity index (χ2v) is 5.93. The highest BCUT2D eigenvalue weighted by Crippen LogP contribution is 2.34. The Bertz CT molecular complexity index is 1210. The zero-order valence-corrected chi connectivity index (χ0v) is 13.1. The number of aryl methyl sites for hydroxylation is 1. The van der Waals surface area contributed by atoms with E-state index in [1.807, 2.05) is 42.7 Å². The summed E-state index contributed by atoms with van der Waals surface area (Å²) in [5, 5.41) is 2.12. The van der Waals surface area contributed by atoms with Crippen molar-refractivity contribution in [2.24, 2.45) is 0 Å². The lowest BCUT2D eigenvalue weighted by Gasteiger charge is -2.06. The predicted octanol–water partition coefficient (Wildman–Crippen LogP) is 4.63. The van der Waals surface area contributed by atoms with Gasteiger partial charge in [-0.1, -0.05) is 30.3 Å². The van der Waals surface area contributed by atoms with Gasteiger partial charge in [-0.15, -0.1) is 0 Å². The lowest BCUT2D eigenvalue weighted by molar-refractivity contribution is 1.34. The minimum atomic E-state index is 0.867. The first-order chi connectivity index (χ1) is 11.8. The van der Waals surface area contributed by atoms with Gasteiger partial charge in [0.15, 0.2) is 0 Å². The molecule has 0 spiro atoms. The molecule has 0 fully saturated rings. The Balaban J connectivity index is 2.02. The van der Waals surface area contributed by atoms with Crippen LogP contribution in [0.5, 0.6) is 0 Å². The quantitative estimate of drug-likeness (QED) is 0.459. The van der Waals surface area contributed by atoms with E-state index in [1.165, 1.54) is 5.56 Å². The van der Waals surface area contributed by atoms with Crippen molar-refractivity contribution >= 4 is 32.8 Å². The van der Waals surface area contributed by atoms with E-state index in [1.54, 1.807) is 0 Å². The molecule has 0 atom stereocenters. The molecule has 5 aromatic rings. The van der Waals surface area contributed by atoms with Crippen molar-refractivity contribution in [1.29, 1.82) is 0 Å². The van der Waals surface area contributed by atoms with Crippen LogP contribution in [0.4, 0.5) is 0 Å². The summed E-state index contributed by atoms with van der Waals surface area (Å²) in [6.07, 6.45) is 3.65. The van der Waals surface area contributed by atoms with Crippen LogP contribution in [-0.2, 0) is 0 Å². The number of hydrogen-bond donors (Lipinski definition) is 1. The Morgan fingerprint density at radius 1 is 0.792 bits per heavy atom. The highest BCUT2D eigenvalue weighted by Gasteiger charge is 2.16. The van der Waals surface area contributed by atoms with E-state index in [0.717, 1.165) is 44.2 Å². The molecular formula is C20H14N4. The number of fused-ring (bicyclic) bond motifs is 6. The molecule has 3 heterocycles. The first-order valence-electron chi connectivity index (χ1n) is 7.90. The minimum Gasteiger partial charge on any atom is -0.337 e. The Kier molecular flexibility index (Phi) is 2.67. The van der Waals surface area contributed by atoms with Gasteiger partial charge in [0.2, 0.25) is 0 Å². The predicted molar refractivity (Wildman–Crippen MR) is 96.9 cm³/mol.